The Morgan fingerprint density at radius 3 is 1.47 bits per heavy atom. The third-order valence-electron chi connectivity index (χ3n) is 5.28. The summed E-state index contributed by atoms with van der Waals surface area (Å²) in [5.74, 6) is 0.412. The van der Waals surface area contributed by atoms with Crippen LogP contribution in [0.15, 0.2) is 24.3 Å². The molecule has 4 nitrogen and oxygen atoms in total. The van der Waals surface area contributed by atoms with E-state index >= 15 is 0 Å². The molecule has 170 valence electrons. The standard InChI is InChI=1S/C26H42O4/c1-19(2)17-25(5,6)12-14-29-23(27)21-10-9-11-22(16-21)24(28)30-15-13-26(7,8)18-20(3)4/h9-11,16,19-20H,12-15,17-18H2,1-8H3. The van der Waals surface area contributed by atoms with Gasteiger partial charge in [0.25, 0.3) is 0 Å². The summed E-state index contributed by atoms with van der Waals surface area (Å²) in [6.07, 6.45) is 3.79. The first-order chi connectivity index (χ1) is 13.8. The largest absolute Gasteiger partial charge is 0.462 e. The molecule has 0 bridgehead atoms. The third kappa shape index (κ3) is 10.3. The molecular formula is C26H42O4. The van der Waals surface area contributed by atoms with Gasteiger partial charge in [0.15, 0.2) is 0 Å². The Bertz CT molecular complexity index is 631. The summed E-state index contributed by atoms with van der Waals surface area (Å²) >= 11 is 0. The van der Waals surface area contributed by atoms with E-state index in [1.54, 1.807) is 24.3 Å². The molecule has 0 saturated carbocycles. The van der Waals surface area contributed by atoms with Crippen molar-refractivity contribution in [1.82, 2.24) is 0 Å². The minimum Gasteiger partial charge on any atom is -0.462 e. The maximum absolute atomic E-state index is 12.4. The van der Waals surface area contributed by atoms with Crippen LogP contribution in [0.25, 0.3) is 0 Å². The van der Waals surface area contributed by atoms with Crippen molar-refractivity contribution in [3.63, 3.8) is 0 Å². The molecule has 0 unspecified atom stereocenters. The van der Waals surface area contributed by atoms with Crippen molar-refractivity contribution >= 4 is 11.9 Å². The van der Waals surface area contributed by atoms with Gasteiger partial charge in [-0.2, -0.15) is 0 Å². The van der Waals surface area contributed by atoms with Crippen LogP contribution < -0.4 is 0 Å². The van der Waals surface area contributed by atoms with E-state index in [4.69, 9.17) is 9.47 Å². The summed E-state index contributed by atoms with van der Waals surface area (Å²) in [5.41, 5.74) is 1.02. The van der Waals surface area contributed by atoms with Crippen LogP contribution in [0.1, 0.15) is 102 Å². The normalized spacial score (nSPS) is 12.3. The average molecular weight is 419 g/mol. The number of rotatable bonds is 12. The Hall–Kier alpha value is -1.84. The highest BCUT2D eigenvalue weighted by atomic mass is 16.5. The minimum atomic E-state index is -0.400. The van der Waals surface area contributed by atoms with Gasteiger partial charge in [0.05, 0.1) is 24.3 Å². The van der Waals surface area contributed by atoms with Gasteiger partial charge in [-0.15, -0.1) is 0 Å². The first kappa shape index (κ1) is 26.2. The van der Waals surface area contributed by atoms with Gasteiger partial charge < -0.3 is 9.47 Å². The van der Waals surface area contributed by atoms with Gasteiger partial charge in [-0.1, -0.05) is 61.5 Å². The molecule has 0 aromatic heterocycles. The topological polar surface area (TPSA) is 52.6 Å². The molecule has 0 amide bonds. The van der Waals surface area contributed by atoms with Crippen molar-refractivity contribution in [2.45, 2.75) is 81.1 Å². The highest BCUT2D eigenvalue weighted by molar-refractivity contribution is 5.95. The van der Waals surface area contributed by atoms with Crippen molar-refractivity contribution in [2.75, 3.05) is 13.2 Å². The zero-order valence-electron chi connectivity index (χ0n) is 20.3. The van der Waals surface area contributed by atoms with Crippen molar-refractivity contribution < 1.29 is 19.1 Å². The second-order valence-corrected chi connectivity index (χ2v) is 10.9. The number of carbonyl (C=O) groups excluding carboxylic acids is 2. The molecule has 30 heavy (non-hydrogen) atoms. The number of ether oxygens (including phenoxy) is 2. The van der Waals surface area contributed by atoms with Gasteiger partial charge in [-0.3, -0.25) is 0 Å². The monoisotopic (exact) mass is 418 g/mol. The number of carbonyl (C=O) groups is 2. The van der Waals surface area contributed by atoms with Crippen molar-refractivity contribution in [1.29, 1.82) is 0 Å². The van der Waals surface area contributed by atoms with Crippen LogP contribution in [0.3, 0.4) is 0 Å². The van der Waals surface area contributed by atoms with Crippen LogP contribution in [0, 0.1) is 22.7 Å². The Labute approximate surface area is 183 Å². The molecule has 0 radical (unpaired) electrons. The first-order valence-corrected chi connectivity index (χ1v) is 11.3. The summed E-state index contributed by atoms with van der Waals surface area (Å²) in [7, 11) is 0. The first-order valence-electron chi connectivity index (χ1n) is 11.3. The Kier molecular flexibility index (Phi) is 10.1. The maximum atomic E-state index is 12.4. The van der Waals surface area contributed by atoms with Gasteiger partial charge in [0, 0.05) is 0 Å². The van der Waals surface area contributed by atoms with Crippen LogP contribution in [0.2, 0.25) is 0 Å². The Morgan fingerprint density at radius 2 is 1.13 bits per heavy atom. The average Bonchev–Trinajstić information content (AvgIpc) is 2.59. The molecule has 0 aliphatic carbocycles. The maximum Gasteiger partial charge on any atom is 0.338 e. The van der Waals surface area contributed by atoms with Gasteiger partial charge in [-0.05, 0) is 66.5 Å². The van der Waals surface area contributed by atoms with Crippen LogP contribution >= 0.6 is 0 Å². The smallest absolute Gasteiger partial charge is 0.338 e. The highest BCUT2D eigenvalue weighted by Gasteiger charge is 2.22. The lowest BCUT2D eigenvalue weighted by Crippen LogP contribution is -2.19. The third-order valence-corrected chi connectivity index (χ3v) is 5.28. The SMILES string of the molecule is CC(C)CC(C)(C)CCOC(=O)c1cccc(C(=O)OCCC(C)(C)CC(C)C)c1. The van der Waals surface area contributed by atoms with Crippen LogP contribution in [-0.2, 0) is 9.47 Å². The Balaban J connectivity index is 2.56. The van der Waals surface area contributed by atoms with E-state index in [0.29, 0.717) is 36.2 Å². The molecule has 0 spiro atoms. The minimum absolute atomic E-state index is 0.128. The summed E-state index contributed by atoms with van der Waals surface area (Å²) < 4.78 is 10.9. The number of hydrogen-bond donors (Lipinski definition) is 0. The molecule has 0 aliphatic heterocycles. The van der Waals surface area contributed by atoms with Crippen molar-refractivity contribution in [3.05, 3.63) is 35.4 Å². The van der Waals surface area contributed by atoms with Crippen LogP contribution in [0.5, 0.6) is 0 Å². The molecule has 0 atom stereocenters. The molecule has 0 saturated heterocycles. The summed E-state index contributed by atoms with van der Waals surface area (Å²) in [6.45, 7) is 18.3. The lowest BCUT2D eigenvalue weighted by molar-refractivity contribution is 0.0448. The molecular weight excluding hydrogens is 376 g/mol. The fourth-order valence-electron chi connectivity index (χ4n) is 4.19. The van der Waals surface area contributed by atoms with Crippen molar-refractivity contribution in [2.24, 2.45) is 22.7 Å². The van der Waals surface area contributed by atoms with E-state index < -0.39 is 11.9 Å². The van der Waals surface area contributed by atoms with E-state index in [1.165, 1.54) is 0 Å². The Morgan fingerprint density at radius 1 is 0.767 bits per heavy atom. The quantitative estimate of drug-likeness (QED) is 0.346. The van der Waals surface area contributed by atoms with Crippen LogP contribution in [0.4, 0.5) is 0 Å². The molecule has 0 aliphatic rings. The molecule has 0 fully saturated rings. The second kappa shape index (κ2) is 11.5. The van der Waals surface area contributed by atoms with Crippen LogP contribution in [-0.4, -0.2) is 25.2 Å². The molecule has 1 rings (SSSR count). The lowest BCUT2D eigenvalue weighted by atomic mass is 9.81. The number of esters is 2. The molecule has 0 N–H and O–H groups in total. The fraction of sp³-hybridized carbons (Fsp3) is 0.692. The van der Waals surface area contributed by atoms with E-state index in [9.17, 15) is 9.59 Å². The molecule has 1 aromatic rings. The highest BCUT2D eigenvalue weighted by Crippen LogP contribution is 2.30. The second-order valence-electron chi connectivity index (χ2n) is 10.9. The van der Waals surface area contributed by atoms with Gasteiger partial charge >= 0.3 is 11.9 Å². The summed E-state index contributed by atoms with van der Waals surface area (Å²) in [6, 6.07) is 6.59. The zero-order valence-corrected chi connectivity index (χ0v) is 20.3. The molecule has 4 heteroatoms. The van der Waals surface area contributed by atoms with Crippen molar-refractivity contribution in [3.8, 4) is 0 Å². The fourth-order valence-corrected chi connectivity index (χ4v) is 4.19. The predicted molar refractivity (Wildman–Crippen MR) is 123 cm³/mol. The zero-order chi connectivity index (χ0) is 22.9. The van der Waals surface area contributed by atoms with Gasteiger partial charge in [0.2, 0.25) is 0 Å². The van der Waals surface area contributed by atoms with E-state index in [2.05, 4.69) is 55.4 Å². The van der Waals surface area contributed by atoms with E-state index in [-0.39, 0.29) is 10.8 Å². The van der Waals surface area contributed by atoms with E-state index in [0.717, 1.165) is 25.7 Å². The number of benzene rings is 1. The summed E-state index contributed by atoms with van der Waals surface area (Å²) in [4.78, 5) is 24.8. The van der Waals surface area contributed by atoms with E-state index in [1.807, 2.05) is 0 Å². The molecule has 1 aromatic carbocycles. The summed E-state index contributed by atoms with van der Waals surface area (Å²) in [5, 5.41) is 0. The lowest BCUT2D eigenvalue weighted by Gasteiger charge is -2.26. The predicted octanol–water partition coefficient (Wildman–Crippen LogP) is 6.93. The van der Waals surface area contributed by atoms with Gasteiger partial charge in [0.1, 0.15) is 0 Å². The number of hydrogen-bond acceptors (Lipinski definition) is 4. The molecule has 0 heterocycles. The van der Waals surface area contributed by atoms with Gasteiger partial charge in [-0.25, -0.2) is 9.59 Å².